The van der Waals surface area contributed by atoms with Gasteiger partial charge < -0.3 is 15.2 Å². The van der Waals surface area contributed by atoms with Gasteiger partial charge in [-0.2, -0.15) is 14.7 Å². The average Bonchev–Trinajstić information content (AvgIpc) is 3.51. The lowest BCUT2D eigenvalue weighted by Crippen LogP contribution is -2.43. The SMILES string of the molecule is CB(O)N1CCCC(c2nc3c(-c4cnn(C)c4)cnn3c(NC3CCCC3)c2Br)C1. The van der Waals surface area contributed by atoms with Crippen molar-refractivity contribution < 1.29 is 5.02 Å². The molecule has 1 unspecified atom stereocenters. The number of anilines is 1. The molecule has 2 N–H and O–H groups in total. The number of nitrogens with one attached hydrogen (secondary N) is 1. The van der Waals surface area contributed by atoms with Gasteiger partial charge in [-0.15, -0.1) is 0 Å². The summed E-state index contributed by atoms with van der Waals surface area (Å²) in [6.07, 6.45) is 12.8. The molecule has 0 aromatic carbocycles. The van der Waals surface area contributed by atoms with Crippen molar-refractivity contribution in [1.29, 1.82) is 0 Å². The van der Waals surface area contributed by atoms with Gasteiger partial charge in [0.15, 0.2) is 5.65 Å². The molecule has 8 nitrogen and oxygen atoms in total. The van der Waals surface area contributed by atoms with E-state index < -0.39 is 7.05 Å². The molecule has 1 atom stereocenters. The van der Waals surface area contributed by atoms with Crippen LogP contribution in [0.4, 0.5) is 5.82 Å². The van der Waals surface area contributed by atoms with Gasteiger partial charge in [-0.25, -0.2) is 4.98 Å². The maximum atomic E-state index is 10.1. The van der Waals surface area contributed by atoms with Gasteiger partial charge in [-0.3, -0.25) is 4.68 Å². The van der Waals surface area contributed by atoms with E-state index in [0.717, 1.165) is 58.7 Å². The molecule has 3 aromatic rings. The predicted octanol–water partition coefficient (Wildman–Crippen LogP) is 3.54. The summed E-state index contributed by atoms with van der Waals surface area (Å²) in [6.45, 7) is 3.58. The smallest absolute Gasteiger partial charge is 0.376 e. The molecule has 0 radical (unpaired) electrons. The highest BCUT2D eigenvalue weighted by Gasteiger charge is 2.31. The van der Waals surface area contributed by atoms with Crippen LogP contribution in [0.1, 0.15) is 50.1 Å². The van der Waals surface area contributed by atoms with Crippen molar-refractivity contribution in [2.24, 2.45) is 7.05 Å². The summed E-state index contributed by atoms with van der Waals surface area (Å²) in [5.74, 6) is 1.24. The molecule has 3 aromatic heterocycles. The number of aryl methyl sites for hydroxylation is 1. The van der Waals surface area contributed by atoms with Gasteiger partial charge in [0, 0.05) is 36.3 Å². The van der Waals surface area contributed by atoms with Crippen molar-refractivity contribution in [2.45, 2.75) is 57.3 Å². The van der Waals surface area contributed by atoms with E-state index in [4.69, 9.17) is 10.1 Å². The Morgan fingerprint density at radius 2 is 1.97 bits per heavy atom. The lowest BCUT2D eigenvalue weighted by Gasteiger charge is -2.34. The van der Waals surface area contributed by atoms with Gasteiger partial charge in [0.25, 0.3) is 0 Å². The third-order valence-electron chi connectivity index (χ3n) is 6.69. The lowest BCUT2D eigenvalue weighted by molar-refractivity contribution is 0.282. The first-order valence-electron chi connectivity index (χ1n) is 11.3. The highest BCUT2D eigenvalue weighted by molar-refractivity contribution is 9.10. The molecule has 4 heterocycles. The molecular weight excluding hydrogens is 457 g/mol. The molecule has 0 spiro atoms. The van der Waals surface area contributed by atoms with E-state index in [1.54, 1.807) is 4.68 Å². The molecule has 2 fully saturated rings. The van der Waals surface area contributed by atoms with E-state index >= 15 is 0 Å². The zero-order valence-electron chi connectivity index (χ0n) is 18.1. The summed E-state index contributed by atoms with van der Waals surface area (Å²) < 4.78 is 4.73. The largest absolute Gasteiger partial charge is 0.437 e. The molecule has 1 saturated heterocycles. The number of rotatable bonds is 5. The molecule has 10 heteroatoms. The van der Waals surface area contributed by atoms with Crippen LogP contribution in [0.2, 0.25) is 6.82 Å². The molecule has 0 amide bonds. The van der Waals surface area contributed by atoms with Crippen LogP contribution < -0.4 is 5.32 Å². The van der Waals surface area contributed by atoms with Crippen LogP contribution in [-0.4, -0.2) is 60.4 Å². The molecule has 5 rings (SSSR count). The molecule has 164 valence electrons. The molecular formula is C21H29BBrN7O. The van der Waals surface area contributed by atoms with Crippen LogP contribution >= 0.6 is 15.9 Å². The van der Waals surface area contributed by atoms with E-state index in [1.807, 2.05) is 37.0 Å². The first-order valence-corrected chi connectivity index (χ1v) is 12.1. The normalized spacial score (nSPS) is 20.6. The Bertz CT molecular complexity index is 1080. The summed E-state index contributed by atoms with van der Waals surface area (Å²) in [4.78, 5) is 7.28. The van der Waals surface area contributed by atoms with Crippen molar-refractivity contribution in [3.63, 3.8) is 0 Å². The third-order valence-corrected chi connectivity index (χ3v) is 7.48. The maximum absolute atomic E-state index is 10.1. The van der Waals surface area contributed by atoms with Crippen LogP contribution in [0.5, 0.6) is 0 Å². The number of halogens is 1. The van der Waals surface area contributed by atoms with E-state index in [2.05, 4.69) is 31.2 Å². The second-order valence-corrected chi connectivity index (χ2v) is 9.74. The van der Waals surface area contributed by atoms with Gasteiger partial charge in [0.2, 0.25) is 0 Å². The first kappa shape index (κ1) is 21.0. The lowest BCUT2D eigenvalue weighted by atomic mass is 9.80. The number of hydrogen-bond acceptors (Lipinski definition) is 6. The number of piperidine rings is 1. The fraction of sp³-hybridized carbons (Fsp3) is 0.571. The average molecular weight is 486 g/mol. The summed E-state index contributed by atoms with van der Waals surface area (Å²) >= 11 is 3.89. The summed E-state index contributed by atoms with van der Waals surface area (Å²) in [5, 5.41) is 23.0. The predicted molar refractivity (Wildman–Crippen MR) is 126 cm³/mol. The Morgan fingerprint density at radius 3 is 2.68 bits per heavy atom. The van der Waals surface area contributed by atoms with E-state index in [0.29, 0.717) is 6.04 Å². The summed E-state index contributed by atoms with van der Waals surface area (Å²) in [7, 11) is 1.48. The number of hydrogen-bond donors (Lipinski definition) is 2. The maximum Gasteiger partial charge on any atom is 0.376 e. The fourth-order valence-electron chi connectivity index (χ4n) is 4.98. The Hall–Kier alpha value is -1.91. The van der Waals surface area contributed by atoms with Crippen molar-refractivity contribution >= 4 is 34.4 Å². The van der Waals surface area contributed by atoms with Crippen molar-refractivity contribution in [1.82, 2.24) is 29.2 Å². The monoisotopic (exact) mass is 485 g/mol. The molecule has 0 bridgehead atoms. The molecule has 1 aliphatic heterocycles. The van der Waals surface area contributed by atoms with Crippen molar-refractivity contribution in [3.05, 3.63) is 28.8 Å². The van der Waals surface area contributed by atoms with Crippen LogP contribution in [0, 0.1) is 0 Å². The number of aromatic nitrogens is 5. The minimum Gasteiger partial charge on any atom is -0.437 e. The Balaban J connectivity index is 1.62. The second-order valence-electron chi connectivity index (χ2n) is 8.95. The van der Waals surface area contributed by atoms with Gasteiger partial charge >= 0.3 is 7.05 Å². The quantitative estimate of drug-likeness (QED) is 0.538. The number of fused-ring (bicyclic) bond motifs is 1. The summed E-state index contributed by atoms with van der Waals surface area (Å²) in [6, 6.07) is 0.459. The highest BCUT2D eigenvalue weighted by atomic mass is 79.9. The van der Waals surface area contributed by atoms with E-state index in [9.17, 15) is 5.02 Å². The van der Waals surface area contributed by atoms with Crippen molar-refractivity contribution in [2.75, 3.05) is 18.4 Å². The fourth-order valence-corrected chi connectivity index (χ4v) is 5.68. The molecule has 31 heavy (non-hydrogen) atoms. The molecule has 1 saturated carbocycles. The minimum atomic E-state index is -0.442. The summed E-state index contributed by atoms with van der Waals surface area (Å²) in [5.41, 5.74) is 3.89. The van der Waals surface area contributed by atoms with Crippen LogP contribution in [0.3, 0.4) is 0 Å². The standard InChI is InChI=1S/C21H29BBrN7O/c1-22(31)29-9-5-6-14(13-29)19-18(23)21(26-16-7-3-4-8-16)30-20(27-19)17(11-25-30)15-10-24-28(2)12-15/h10-12,14,16,26,31H,3-9,13H2,1-2H3. The molecule has 2 aliphatic rings. The zero-order chi connectivity index (χ0) is 21.5. The number of nitrogens with zero attached hydrogens (tertiary/aromatic N) is 6. The zero-order valence-corrected chi connectivity index (χ0v) is 19.7. The second kappa shape index (κ2) is 8.56. The Kier molecular flexibility index (Phi) is 5.79. The van der Waals surface area contributed by atoms with Gasteiger partial charge in [-0.05, 0) is 61.5 Å². The van der Waals surface area contributed by atoms with Crippen LogP contribution in [-0.2, 0) is 7.05 Å². The van der Waals surface area contributed by atoms with Gasteiger partial charge in [0.1, 0.15) is 5.82 Å². The first-order chi connectivity index (χ1) is 15.0. The Morgan fingerprint density at radius 1 is 1.16 bits per heavy atom. The highest BCUT2D eigenvalue weighted by Crippen LogP contribution is 2.38. The minimum absolute atomic E-state index is 0.253. The topological polar surface area (TPSA) is 83.5 Å². The van der Waals surface area contributed by atoms with Crippen molar-refractivity contribution in [3.8, 4) is 11.1 Å². The van der Waals surface area contributed by atoms with Gasteiger partial charge in [-0.1, -0.05) is 12.8 Å². The van der Waals surface area contributed by atoms with E-state index in [1.165, 1.54) is 25.7 Å². The van der Waals surface area contributed by atoms with E-state index in [-0.39, 0.29) is 5.92 Å². The Labute approximate surface area is 191 Å². The molecule has 1 aliphatic carbocycles. The third kappa shape index (κ3) is 4.01. The van der Waals surface area contributed by atoms with Crippen LogP contribution in [0.25, 0.3) is 16.8 Å². The van der Waals surface area contributed by atoms with Gasteiger partial charge in [0.05, 0.1) is 22.6 Å². The van der Waals surface area contributed by atoms with Crippen LogP contribution in [0.15, 0.2) is 23.1 Å².